The maximum Gasteiger partial charge on any atom is 0.201 e. The summed E-state index contributed by atoms with van der Waals surface area (Å²) in [7, 11) is 0. The molecule has 0 spiro atoms. The third kappa shape index (κ3) is 3.22. The summed E-state index contributed by atoms with van der Waals surface area (Å²) in [5, 5.41) is 27.5. The van der Waals surface area contributed by atoms with Crippen LogP contribution in [0, 0.1) is 16.7 Å². The monoisotopic (exact) mass is 282 g/mol. The predicted octanol–water partition coefficient (Wildman–Crippen LogP) is 1.06. The smallest absolute Gasteiger partial charge is 0.201 e. The van der Waals surface area contributed by atoms with Crippen molar-refractivity contribution in [3.8, 4) is 11.8 Å². The topological polar surface area (TPSA) is 129 Å². The number of aromatic nitrogens is 3. The molecule has 0 atom stereocenters. The minimum atomic E-state index is -0.377. The standard InChI is InChI=1S/C13H14N8/c1-2-9-3-4-10(21-7-17-18-8-21)5-11(9)19-20-12(6-14)13(15)16/h3-5,7-8,19H,2H2,1H3,(H3,15,16)/b20-12+. The average molecular weight is 282 g/mol. The van der Waals surface area contributed by atoms with Crippen LogP contribution in [0.2, 0.25) is 0 Å². The van der Waals surface area contributed by atoms with Crippen LogP contribution >= 0.6 is 0 Å². The number of rotatable bonds is 5. The summed E-state index contributed by atoms with van der Waals surface area (Å²) in [6.07, 6.45) is 3.97. The van der Waals surface area contributed by atoms with E-state index in [9.17, 15) is 0 Å². The van der Waals surface area contributed by atoms with Gasteiger partial charge in [0.25, 0.3) is 0 Å². The maximum absolute atomic E-state index is 8.84. The molecule has 8 nitrogen and oxygen atoms in total. The van der Waals surface area contributed by atoms with Gasteiger partial charge in [-0.3, -0.25) is 15.4 Å². The Morgan fingerprint density at radius 3 is 2.76 bits per heavy atom. The summed E-state index contributed by atoms with van der Waals surface area (Å²) >= 11 is 0. The number of hydrogen-bond donors (Lipinski definition) is 3. The summed E-state index contributed by atoms with van der Waals surface area (Å²) in [5.74, 6) is -0.377. The van der Waals surface area contributed by atoms with Crippen molar-refractivity contribution in [3.05, 3.63) is 36.4 Å². The van der Waals surface area contributed by atoms with E-state index in [-0.39, 0.29) is 11.5 Å². The number of hydrazone groups is 1. The highest BCUT2D eigenvalue weighted by molar-refractivity contribution is 6.45. The first-order valence-corrected chi connectivity index (χ1v) is 6.21. The van der Waals surface area contributed by atoms with Crippen LogP contribution in [-0.4, -0.2) is 26.3 Å². The van der Waals surface area contributed by atoms with Gasteiger partial charge in [0.1, 0.15) is 18.7 Å². The molecule has 106 valence electrons. The molecule has 0 fully saturated rings. The van der Waals surface area contributed by atoms with Gasteiger partial charge >= 0.3 is 0 Å². The van der Waals surface area contributed by atoms with E-state index in [2.05, 4.69) is 20.7 Å². The molecule has 0 aliphatic carbocycles. The molecular formula is C13H14N8. The summed E-state index contributed by atoms with van der Waals surface area (Å²) < 4.78 is 1.75. The second kappa shape index (κ2) is 6.29. The third-order valence-corrected chi connectivity index (χ3v) is 2.84. The van der Waals surface area contributed by atoms with Gasteiger partial charge in [0.15, 0.2) is 5.84 Å². The van der Waals surface area contributed by atoms with Crippen LogP contribution in [0.15, 0.2) is 36.0 Å². The van der Waals surface area contributed by atoms with Gasteiger partial charge in [-0.25, -0.2) is 0 Å². The molecular weight excluding hydrogens is 268 g/mol. The van der Waals surface area contributed by atoms with E-state index in [4.69, 9.17) is 16.4 Å². The van der Waals surface area contributed by atoms with Gasteiger partial charge in [0, 0.05) is 0 Å². The maximum atomic E-state index is 8.84. The zero-order valence-corrected chi connectivity index (χ0v) is 11.4. The summed E-state index contributed by atoms with van der Waals surface area (Å²) in [4.78, 5) is 0. The number of nitriles is 1. The minimum absolute atomic E-state index is 0.160. The van der Waals surface area contributed by atoms with Crippen LogP contribution in [0.5, 0.6) is 0 Å². The lowest BCUT2D eigenvalue weighted by atomic mass is 10.1. The Morgan fingerprint density at radius 2 is 2.19 bits per heavy atom. The van der Waals surface area contributed by atoms with Crippen molar-refractivity contribution in [2.24, 2.45) is 10.8 Å². The van der Waals surface area contributed by atoms with Gasteiger partial charge in [-0.15, -0.1) is 10.2 Å². The molecule has 0 aliphatic heterocycles. The van der Waals surface area contributed by atoms with Crippen molar-refractivity contribution in [1.82, 2.24) is 14.8 Å². The van der Waals surface area contributed by atoms with E-state index in [1.54, 1.807) is 23.3 Å². The molecule has 2 aromatic rings. The fraction of sp³-hybridized carbons (Fsp3) is 0.154. The first kappa shape index (κ1) is 14.2. The number of amidine groups is 1. The molecule has 0 bridgehead atoms. The quantitative estimate of drug-likeness (QED) is 0.429. The van der Waals surface area contributed by atoms with Gasteiger partial charge in [-0.05, 0) is 24.1 Å². The largest absolute Gasteiger partial charge is 0.382 e. The Kier molecular flexibility index (Phi) is 4.26. The molecule has 0 saturated carbocycles. The molecule has 8 heteroatoms. The Balaban J connectivity index is 2.35. The molecule has 0 radical (unpaired) electrons. The highest BCUT2D eigenvalue weighted by Crippen LogP contribution is 2.20. The zero-order valence-electron chi connectivity index (χ0n) is 11.4. The van der Waals surface area contributed by atoms with Crippen LogP contribution in [0.4, 0.5) is 5.69 Å². The predicted molar refractivity (Wildman–Crippen MR) is 79.3 cm³/mol. The van der Waals surface area contributed by atoms with Gasteiger partial charge in [-0.2, -0.15) is 10.4 Å². The first-order chi connectivity index (χ1) is 10.2. The molecule has 0 saturated heterocycles. The van der Waals surface area contributed by atoms with E-state index in [0.29, 0.717) is 0 Å². The van der Waals surface area contributed by atoms with E-state index in [1.165, 1.54) is 0 Å². The summed E-state index contributed by atoms with van der Waals surface area (Å²) in [5.41, 5.74) is 10.5. The van der Waals surface area contributed by atoms with Crippen molar-refractivity contribution < 1.29 is 0 Å². The van der Waals surface area contributed by atoms with Gasteiger partial charge in [0.05, 0.1) is 11.4 Å². The fourth-order valence-corrected chi connectivity index (χ4v) is 1.73. The molecule has 4 N–H and O–H groups in total. The number of anilines is 1. The number of benzene rings is 1. The Bertz CT molecular complexity index is 708. The normalized spacial score (nSPS) is 11.0. The fourth-order valence-electron chi connectivity index (χ4n) is 1.73. The van der Waals surface area contributed by atoms with Crippen LogP contribution in [0.1, 0.15) is 12.5 Å². The van der Waals surface area contributed by atoms with E-state index >= 15 is 0 Å². The van der Waals surface area contributed by atoms with Gasteiger partial charge in [0.2, 0.25) is 5.71 Å². The lowest BCUT2D eigenvalue weighted by molar-refractivity contribution is 1.04. The average Bonchev–Trinajstić information content (AvgIpc) is 3.01. The molecule has 2 rings (SSSR count). The van der Waals surface area contributed by atoms with E-state index in [0.717, 1.165) is 23.4 Å². The Morgan fingerprint density at radius 1 is 1.48 bits per heavy atom. The number of hydrogen-bond acceptors (Lipinski definition) is 6. The lowest BCUT2D eigenvalue weighted by Gasteiger charge is -2.10. The molecule has 0 unspecified atom stereocenters. The van der Waals surface area contributed by atoms with E-state index in [1.807, 2.05) is 25.1 Å². The third-order valence-electron chi connectivity index (χ3n) is 2.84. The van der Waals surface area contributed by atoms with Crippen molar-refractivity contribution in [1.29, 1.82) is 10.7 Å². The number of nitrogens with one attached hydrogen (secondary N) is 2. The van der Waals surface area contributed by atoms with Crippen LogP contribution in [-0.2, 0) is 6.42 Å². The van der Waals surface area contributed by atoms with Crippen molar-refractivity contribution in [2.75, 3.05) is 5.43 Å². The van der Waals surface area contributed by atoms with Crippen LogP contribution in [0.3, 0.4) is 0 Å². The number of aryl methyl sites for hydroxylation is 1. The summed E-state index contributed by atoms with van der Waals surface area (Å²) in [6.45, 7) is 2.01. The molecule has 1 aromatic carbocycles. The van der Waals surface area contributed by atoms with Crippen molar-refractivity contribution >= 4 is 17.2 Å². The Hall–Kier alpha value is -3.21. The minimum Gasteiger partial charge on any atom is -0.382 e. The number of nitrogens with zero attached hydrogens (tertiary/aromatic N) is 5. The Labute approximate surface area is 121 Å². The molecule has 21 heavy (non-hydrogen) atoms. The molecule has 1 aromatic heterocycles. The van der Waals surface area contributed by atoms with Crippen molar-refractivity contribution in [2.45, 2.75) is 13.3 Å². The SMILES string of the molecule is CCc1ccc(-n2cnnc2)cc1N/N=C(\C#N)C(=N)N. The highest BCUT2D eigenvalue weighted by atomic mass is 15.3. The molecule has 1 heterocycles. The lowest BCUT2D eigenvalue weighted by Crippen LogP contribution is -2.22. The summed E-state index contributed by atoms with van der Waals surface area (Å²) in [6, 6.07) is 7.52. The molecule has 0 amide bonds. The first-order valence-electron chi connectivity index (χ1n) is 6.21. The van der Waals surface area contributed by atoms with Gasteiger partial charge < -0.3 is 5.73 Å². The second-order valence-electron chi connectivity index (χ2n) is 4.16. The highest BCUT2D eigenvalue weighted by Gasteiger charge is 2.06. The second-order valence-corrected chi connectivity index (χ2v) is 4.16. The van der Waals surface area contributed by atoms with E-state index < -0.39 is 0 Å². The number of nitrogens with two attached hydrogens (primary N) is 1. The zero-order chi connectivity index (χ0) is 15.2. The van der Waals surface area contributed by atoms with Crippen LogP contribution in [0.25, 0.3) is 5.69 Å². The van der Waals surface area contributed by atoms with Crippen molar-refractivity contribution in [3.63, 3.8) is 0 Å². The van der Waals surface area contributed by atoms with Crippen LogP contribution < -0.4 is 11.2 Å². The van der Waals surface area contributed by atoms with Gasteiger partial charge in [-0.1, -0.05) is 13.0 Å². The molecule has 0 aliphatic rings.